The lowest BCUT2D eigenvalue weighted by atomic mass is 9.90. The molecule has 3 nitrogen and oxygen atoms in total. The molecule has 0 aromatic heterocycles. The molecule has 0 radical (unpaired) electrons. The molecule has 1 saturated heterocycles. The molecule has 0 aliphatic carbocycles. The van der Waals surface area contributed by atoms with Crippen molar-refractivity contribution in [2.75, 3.05) is 26.2 Å². The van der Waals surface area contributed by atoms with Crippen LogP contribution in [0, 0.1) is 5.92 Å². The minimum atomic E-state index is 0. The van der Waals surface area contributed by atoms with Gasteiger partial charge >= 0.3 is 0 Å². The van der Waals surface area contributed by atoms with E-state index in [-0.39, 0.29) is 30.6 Å². The molecule has 1 aliphatic heterocycles. The number of piperazine rings is 1. The van der Waals surface area contributed by atoms with Gasteiger partial charge < -0.3 is 10.4 Å². The third-order valence-electron chi connectivity index (χ3n) is 4.11. The maximum atomic E-state index is 9.90. The van der Waals surface area contributed by atoms with Crippen molar-refractivity contribution in [2.24, 2.45) is 5.92 Å². The number of hydrogen-bond donors (Lipinski definition) is 2. The van der Waals surface area contributed by atoms with Crippen LogP contribution in [0.4, 0.5) is 0 Å². The van der Waals surface area contributed by atoms with Crippen LogP contribution in [0.1, 0.15) is 31.9 Å². The number of nitrogens with one attached hydrogen (secondary N) is 1. The summed E-state index contributed by atoms with van der Waals surface area (Å²) in [5.41, 5.74) is 1.26. The van der Waals surface area contributed by atoms with E-state index >= 15 is 0 Å². The largest absolute Gasteiger partial charge is 0.506 e. The van der Waals surface area contributed by atoms with Crippen molar-refractivity contribution < 1.29 is 5.11 Å². The molecule has 0 spiro atoms. The maximum absolute atomic E-state index is 9.90. The van der Waals surface area contributed by atoms with Crippen LogP contribution in [0.2, 0.25) is 0 Å². The molecule has 1 aromatic carbocycles. The summed E-state index contributed by atoms with van der Waals surface area (Å²) in [7, 11) is 0. The van der Waals surface area contributed by atoms with Gasteiger partial charge in [0.2, 0.25) is 0 Å². The Balaban J connectivity index is 0.00000220. The Bertz CT molecular complexity index is 448. The van der Waals surface area contributed by atoms with Crippen molar-refractivity contribution in [3.63, 3.8) is 0 Å². The second kappa shape index (κ2) is 10.4. The van der Waals surface area contributed by atoms with Gasteiger partial charge in [0.1, 0.15) is 5.75 Å². The molecule has 1 unspecified atom stereocenters. The molecule has 1 aliphatic rings. The minimum absolute atomic E-state index is 0. The zero-order valence-electron chi connectivity index (χ0n) is 12.8. The van der Waals surface area contributed by atoms with Gasteiger partial charge in [0.15, 0.2) is 0 Å². The predicted octanol–water partition coefficient (Wildman–Crippen LogP) is 4.75. The van der Waals surface area contributed by atoms with Gasteiger partial charge in [-0.2, -0.15) is 0 Å². The van der Waals surface area contributed by atoms with Crippen molar-refractivity contribution in [2.45, 2.75) is 26.3 Å². The third kappa shape index (κ3) is 5.25. The molecular weight excluding hydrogens is 455 g/mol. The van der Waals surface area contributed by atoms with E-state index < -0.39 is 0 Å². The normalized spacial score (nSPS) is 18.0. The Labute approximate surface area is 162 Å². The highest BCUT2D eigenvalue weighted by Crippen LogP contribution is 2.39. The molecule has 22 heavy (non-hydrogen) atoms. The molecule has 1 fully saturated rings. The number of aromatic hydroxyl groups is 1. The first-order chi connectivity index (χ1) is 9.54. The summed E-state index contributed by atoms with van der Waals surface area (Å²) in [6, 6.07) is 4.51. The number of halogens is 4. The van der Waals surface area contributed by atoms with Gasteiger partial charge in [-0.05, 0) is 55.5 Å². The van der Waals surface area contributed by atoms with Crippen LogP contribution in [0.5, 0.6) is 5.75 Å². The zero-order chi connectivity index (χ0) is 14.7. The molecular formula is C15H24Br2Cl2N2O. The standard InChI is InChI=1S/C15H22Br2N2O.2ClH/c1-3-10(2)14(19-6-4-18-5-7-19)11-8-12(16)15(20)13(17)9-11;;/h8-10,14,18,20H,3-7H2,1-2H3;2*1H/t10?,14-;;/m0../s1. The Morgan fingerprint density at radius 1 is 1.18 bits per heavy atom. The van der Waals surface area contributed by atoms with Crippen molar-refractivity contribution in [3.05, 3.63) is 26.6 Å². The van der Waals surface area contributed by atoms with Crippen LogP contribution < -0.4 is 5.32 Å². The Kier molecular flexibility index (Phi) is 10.6. The summed E-state index contributed by atoms with van der Waals surface area (Å²) in [5.74, 6) is 0.855. The lowest BCUT2D eigenvalue weighted by Crippen LogP contribution is -2.46. The Morgan fingerprint density at radius 3 is 2.14 bits per heavy atom. The first kappa shape index (κ1) is 22.5. The Hall–Kier alpha value is 0.480. The second-order valence-corrected chi connectivity index (χ2v) is 7.16. The lowest BCUT2D eigenvalue weighted by Gasteiger charge is -2.38. The average molecular weight is 479 g/mol. The fraction of sp³-hybridized carbons (Fsp3) is 0.600. The molecule has 2 atom stereocenters. The van der Waals surface area contributed by atoms with E-state index in [0.29, 0.717) is 12.0 Å². The first-order valence-corrected chi connectivity index (χ1v) is 8.75. The fourth-order valence-corrected chi connectivity index (χ4v) is 4.06. The maximum Gasteiger partial charge on any atom is 0.143 e. The molecule has 1 heterocycles. The van der Waals surface area contributed by atoms with Crippen LogP contribution in [0.3, 0.4) is 0 Å². The summed E-state index contributed by atoms with van der Waals surface area (Å²) in [6.07, 6.45) is 1.14. The monoisotopic (exact) mass is 476 g/mol. The number of phenols is 1. The molecule has 128 valence electrons. The van der Waals surface area contributed by atoms with E-state index in [1.807, 2.05) is 0 Å². The first-order valence-electron chi connectivity index (χ1n) is 7.17. The summed E-state index contributed by atoms with van der Waals surface area (Å²) >= 11 is 6.90. The minimum Gasteiger partial charge on any atom is -0.506 e. The third-order valence-corrected chi connectivity index (χ3v) is 5.32. The van der Waals surface area contributed by atoms with E-state index in [4.69, 9.17) is 0 Å². The summed E-state index contributed by atoms with van der Waals surface area (Å²) < 4.78 is 1.51. The van der Waals surface area contributed by atoms with Gasteiger partial charge in [-0.15, -0.1) is 24.8 Å². The number of benzene rings is 1. The van der Waals surface area contributed by atoms with Crippen LogP contribution in [0.15, 0.2) is 21.1 Å². The van der Waals surface area contributed by atoms with Crippen molar-refractivity contribution in [3.8, 4) is 5.75 Å². The molecule has 0 bridgehead atoms. The van der Waals surface area contributed by atoms with Crippen molar-refractivity contribution in [1.82, 2.24) is 10.2 Å². The van der Waals surface area contributed by atoms with E-state index in [0.717, 1.165) is 41.5 Å². The van der Waals surface area contributed by atoms with Gasteiger partial charge in [0.05, 0.1) is 8.95 Å². The van der Waals surface area contributed by atoms with Gasteiger partial charge in [0.25, 0.3) is 0 Å². The van der Waals surface area contributed by atoms with Crippen LogP contribution in [-0.4, -0.2) is 36.2 Å². The molecule has 0 saturated carbocycles. The Morgan fingerprint density at radius 2 is 1.68 bits per heavy atom. The lowest BCUT2D eigenvalue weighted by molar-refractivity contribution is 0.128. The average Bonchev–Trinajstić information content (AvgIpc) is 2.46. The fourth-order valence-electron chi connectivity index (χ4n) is 2.84. The highest BCUT2D eigenvalue weighted by molar-refractivity contribution is 9.11. The number of hydrogen-bond acceptors (Lipinski definition) is 3. The highest BCUT2D eigenvalue weighted by Gasteiger charge is 2.27. The van der Waals surface area contributed by atoms with Crippen molar-refractivity contribution in [1.29, 1.82) is 0 Å². The quantitative estimate of drug-likeness (QED) is 0.655. The number of phenolic OH excluding ortho intramolecular Hbond substituents is 1. The smallest absolute Gasteiger partial charge is 0.143 e. The summed E-state index contributed by atoms with van der Waals surface area (Å²) in [4.78, 5) is 2.55. The SMILES string of the molecule is CCC(C)[C@@H](c1cc(Br)c(O)c(Br)c1)N1CCNCC1.Cl.Cl. The van der Waals surface area contributed by atoms with E-state index in [9.17, 15) is 5.11 Å². The van der Waals surface area contributed by atoms with E-state index in [1.165, 1.54) is 5.56 Å². The van der Waals surface area contributed by atoms with Crippen LogP contribution in [0.25, 0.3) is 0 Å². The molecule has 2 rings (SSSR count). The van der Waals surface area contributed by atoms with Gasteiger partial charge in [-0.3, -0.25) is 4.90 Å². The predicted molar refractivity (Wildman–Crippen MR) is 105 cm³/mol. The van der Waals surface area contributed by atoms with Gasteiger partial charge in [-0.1, -0.05) is 20.3 Å². The topological polar surface area (TPSA) is 35.5 Å². The van der Waals surface area contributed by atoms with Crippen LogP contribution >= 0.6 is 56.7 Å². The molecule has 2 N–H and O–H groups in total. The summed E-state index contributed by atoms with van der Waals surface area (Å²) in [6.45, 7) is 8.79. The second-order valence-electron chi connectivity index (χ2n) is 5.45. The van der Waals surface area contributed by atoms with Gasteiger partial charge in [-0.25, -0.2) is 0 Å². The van der Waals surface area contributed by atoms with Gasteiger partial charge in [0, 0.05) is 32.2 Å². The molecule has 7 heteroatoms. The highest BCUT2D eigenvalue weighted by atomic mass is 79.9. The van der Waals surface area contributed by atoms with Crippen molar-refractivity contribution >= 4 is 56.7 Å². The zero-order valence-corrected chi connectivity index (χ0v) is 17.6. The van der Waals surface area contributed by atoms with E-state index in [2.05, 4.69) is 68.1 Å². The number of rotatable bonds is 4. The molecule has 0 amide bonds. The summed E-state index contributed by atoms with van der Waals surface area (Å²) in [5, 5.41) is 13.3. The molecule has 1 aromatic rings. The number of nitrogens with zero attached hydrogens (tertiary/aromatic N) is 1. The van der Waals surface area contributed by atoms with Crippen LogP contribution in [-0.2, 0) is 0 Å². The van der Waals surface area contributed by atoms with E-state index in [1.54, 1.807) is 0 Å².